The standard InChI is InChI=1S/C14H28O6/c1-15-4-2-5-16-8-9-17-6-3-7-18-10-11-19-12-14-13-20-14/h14H,2-13H2,1H3. The summed E-state index contributed by atoms with van der Waals surface area (Å²) in [5.41, 5.74) is 0. The topological polar surface area (TPSA) is 58.7 Å². The summed E-state index contributed by atoms with van der Waals surface area (Å²) in [6.45, 7) is 6.97. The van der Waals surface area contributed by atoms with Gasteiger partial charge in [-0.1, -0.05) is 0 Å². The molecule has 6 heteroatoms. The Morgan fingerprint density at radius 1 is 0.750 bits per heavy atom. The normalized spacial score (nSPS) is 17.6. The fraction of sp³-hybridized carbons (Fsp3) is 1.00. The number of hydrogen-bond donors (Lipinski definition) is 0. The van der Waals surface area contributed by atoms with Gasteiger partial charge in [0.05, 0.1) is 39.6 Å². The third kappa shape index (κ3) is 12.8. The van der Waals surface area contributed by atoms with E-state index < -0.39 is 0 Å². The molecule has 1 fully saturated rings. The van der Waals surface area contributed by atoms with E-state index in [0.717, 1.165) is 32.7 Å². The van der Waals surface area contributed by atoms with Crippen molar-refractivity contribution in [1.82, 2.24) is 0 Å². The average Bonchev–Trinajstić information content (AvgIpc) is 3.27. The summed E-state index contributed by atoms with van der Waals surface area (Å²) in [5, 5.41) is 0. The molecule has 120 valence electrons. The molecule has 0 radical (unpaired) electrons. The molecular formula is C14H28O6. The third-order valence-corrected chi connectivity index (χ3v) is 2.66. The third-order valence-electron chi connectivity index (χ3n) is 2.66. The molecule has 1 aliphatic heterocycles. The highest BCUT2D eigenvalue weighted by Crippen LogP contribution is 2.07. The van der Waals surface area contributed by atoms with Gasteiger partial charge in [0, 0.05) is 33.5 Å². The van der Waals surface area contributed by atoms with E-state index in [2.05, 4.69) is 0 Å². The van der Waals surface area contributed by atoms with Crippen molar-refractivity contribution >= 4 is 0 Å². The summed E-state index contributed by atoms with van der Waals surface area (Å²) in [6.07, 6.45) is 2.16. The van der Waals surface area contributed by atoms with E-state index in [1.54, 1.807) is 7.11 Å². The van der Waals surface area contributed by atoms with Crippen molar-refractivity contribution in [1.29, 1.82) is 0 Å². The van der Waals surface area contributed by atoms with Gasteiger partial charge in [0.25, 0.3) is 0 Å². The molecule has 0 aliphatic carbocycles. The summed E-state index contributed by atoms with van der Waals surface area (Å²) in [5.74, 6) is 0. The maximum absolute atomic E-state index is 5.42. The van der Waals surface area contributed by atoms with Gasteiger partial charge < -0.3 is 28.4 Å². The first-order valence-electron chi connectivity index (χ1n) is 7.35. The second-order valence-electron chi connectivity index (χ2n) is 4.57. The van der Waals surface area contributed by atoms with Crippen LogP contribution in [0.5, 0.6) is 0 Å². The Bertz CT molecular complexity index is 198. The molecule has 1 aliphatic rings. The van der Waals surface area contributed by atoms with Gasteiger partial charge in [0.1, 0.15) is 6.10 Å². The molecule has 0 spiro atoms. The van der Waals surface area contributed by atoms with Gasteiger partial charge in [0.15, 0.2) is 0 Å². The summed E-state index contributed by atoms with van der Waals surface area (Å²) >= 11 is 0. The number of hydrogen-bond acceptors (Lipinski definition) is 6. The largest absolute Gasteiger partial charge is 0.385 e. The van der Waals surface area contributed by atoms with Gasteiger partial charge in [-0.25, -0.2) is 0 Å². The van der Waals surface area contributed by atoms with Crippen LogP contribution in [0.1, 0.15) is 12.8 Å². The van der Waals surface area contributed by atoms with E-state index in [1.807, 2.05) is 0 Å². The van der Waals surface area contributed by atoms with Gasteiger partial charge in [-0.2, -0.15) is 0 Å². The monoisotopic (exact) mass is 292 g/mol. The second kappa shape index (κ2) is 13.7. The van der Waals surface area contributed by atoms with Crippen LogP contribution in [0.3, 0.4) is 0 Å². The number of rotatable bonds is 16. The zero-order valence-corrected chi connectivity index (χ0v) is 12.5. The van der Waals surface area contributed by atoms with Gasteiger partial charge in [-0.05, 0) is 12.8 Å². The molecule has 0 saturated carbocycles. The summed E-state index contributed by atoms with van der Waals surface area (Å²) in [4.78, 5) is 0. The van der Waals surface area contributed by atoms with Crippen LogP contribution >= 0.6 is 0 Å². The summed E-state index contributed by atoms with van der Waals surface area (Å²) in [7, 11) is 1.69. The highest BCUT2D eigenvalue weighted by atomic mass is 16.6. The van der Waals surface area contributed by atoms with E-state index in [0.29, 0.717) is 52.4 Å². The second-order valence-corrected chi connectivity index (χ2v) is 4.57. The number of epoxide rings is 1. The first-order chi connectivity index (χ1) is 9.93. The van der Waals surface area contributed by atoms with Gasteiger partial charge in [0.2, 0.25) is 0 Å². The Morgan fingerprint density at radius 2 is 1.25 bits per heavy atom. The lowest BCUT2D eigenvalue weighted by atomic mass is 10.5. The lowest BCUT2D eigenvalue weighted by Gasteiger charge is -2.07. The molecule has 1 atom stereocenters. The smallest absolute Gasteiger partial charge is 0.104 e. The van der Waals surface area contributed by atoms with Gasteiger partial charge in [-0.3, -0.25) is 0 Å². The predicted molar refractivity (Wildman–Crippen MR) is 74.1 cm³/mol. The van der Waals surface area contributed by atoms with Crippen molar-refractivity contribution in [3.8, 4) is 0 Å². The minimum atomic E-state index is 0.333. The molecule has 0 amide bonds. The molecular weight excluding hydrogens is 264 g/mol. The van der Waals surface area contributed by atoms with Crippen molar-refractivity contribution in [3.05, 3.63) is 0 Å². The molecule has 1 unspecified atom stereocenters. The van der Waals surface area contributed by atoms with Crippen LogP contribution in [-0.2, 0) is 28.4 Å². The van der Waals surface area contributed by atoms with Crippen LogP contribution in [0.25, 0.3) is 0 Å². The molecule has 1 rings (SSSR count). The minimum Gasteiger partial charge on any atom is -0.385 e. The zero-order valence-electron chi connectivity index (χ0n) is 12.5. The lowest BCUT2D eigenvalue weighted by molar-refractivity contribution is 0.0175. The number of methoxy groups -OCH3 is 1. The highest BCUT2D eigenvalue weighted by molar-refractivity contribution is 4.66. The molecule has 0 aromatic rings. The SMILES string of the molecule is COCCCOCCOCCCOCCOCC1CO1. The van der Waals surface area contributed by atoms with Gasteiger partial charge in [-0.15, -0.1) is 0 Å². The lowest BCUT2D eigenvalue weighted by Crippen LogP contribution is -2.11. The first kappa shape index (κ1) is 17.8. The fourth-order valence-corrected chi connectivity index (χ4v) is 1.49. The van der Waals surface area contributed by atoms with E-state index >= 15 is 0 Å². The first-order valence-corrected chi connectivity index (χ1v) is 7.35. The van der Waals surface area contributed by atoms with Crippen molar-refractivity contribution in [3.63, 3.8) is 0 Å². The average molecular weight is 292 g/mol. The van der Waals surface area contributed by atoms with Crippen molar-refractivity contribution in [2.24, 2.45) is 0 Å². The summed E-state index contributed by atoms with van der Waals surface area (Å²) < 4.78 is 31.5. The molecule has 0 bridgehead atoms. The quantitative estimate of drug-likeness (QED) is 0.311. The van der Waals surface area contributed by atoms with Crippen LogP contribution in [0.2, 0.25) is 0 Å². The number of ether oxygens (including phenoxy) is 6. The van der Waals surface area contributed by atoms with E-state index in [-0.39, 0.29) is 0 Å². The van der Waals surface area contributed by atoms with E-state index in [4.69, 9.17) is 28.4 Å². The molecule has 1 saturated heterocycles. The zero-order chi connectivity index (χ0) is 14.3. The Kier molecular flexibility index (Phi) is 12.2. The molecule has 0 aromatic heterocycles. The predicted octanol–water partition coefficient (Wildman–Crippen LogP) is 0.878. The maximum Gasteiger partial charge on any atom is 0.104 e. The van der Waals surface area contributed by atoms with Crippen molar-refractivity contribution in [2.45, 2.75) is 18.9 Å². The summed E-state index contributed by atoms with van der Waals surface area (Å²) in [6, 6.07) is 0. The van der Waals surface area contributed by atoms with Crippen molar-refractivity contribution in [2.75, 3.05) is 73.2 Å². The van der Waals surface area contributed by atoms with Crippen LogP contribution in [-0.4, -0.2) is 79.3 Å². The fourth-order valence-electron chi connectivity index (χ4n) is 1.49. The molecule has 1 heterocycles. The highest BCUT2D eigenvalue weighted by Gasteiger charge is 2.21. The van der Waals surface area contributed by atoms with E-state index in [1.165, 1.54) is 0 Å². The molecule has 0 N–H and O–H groups in total. The maximum atomic E-state index is 5.42. The Hall–Kier alpha value is -0.240. The van der Waals surface area contributed by atoms with Crippen LogP contribution < -0.4 is 0 Å². The Balaban J connectivity index is 1.60. The molecule has 6 nitrogen and oxygen atoms in total. The van der Waals surface area contributed by atoms with Gasteiger partial charge >= 0.3 is 0 Å². The Labute approximate surface area is 121 Å². The van der Waals surface area contributed by atoms with Crippen LogP contribution in [0.15, 0.2) is 0 Å². The van der Waals surface area contributed by atoms with Crippen molar-refractivity contribution < 1.29 is 28.4 Å². The minimum absolute atomic E-state index is 0.333. The molecule has 20 heavy (non-hydrogen) atoms. The van der Waals surface area contributed by atoms with Crippen LogP contribution in [0, 0.1) is 0 Å². The van der Waals surface area contributed by atoms with E-state index in [9.17, 15) is 0 Å². The Morgan fingerprint density at radius 3 is 1.75 bits per heavy atom. The molecule has 0 aromatic carbocycles. The van der Waals surface area contributed by atoms with Crippen LogP contribution in [0.4, 0.5) is 0 Å².